The minimum Gasteiger partial charge on any atom is -0.462 e. The van der Waals surface area contributed by atoms with Crippen molar-refractivity contribution in [1.29, 1.82) is 0 Å². The van der Waals surface area contributed by atoms with E-state index in [2.05, 4.69) is 93.7 Å². The Balaban J connectivity index is 4.24. The van der Waals surface area contributed by atoms with Crippen molar-refractivity contribution in [3.05, 3.63) is 72.9 Å². The van der Waals surface area contributed by atoms with E-state index in [0.717, 1.165) is 109 Å². The highest BCUT2D eigenvalue weighted by Crippen LogP contribution is 2.17. The van der Waals surface area contributed by atoms with Crippen LogP contribution in [0.3, 0.4) is 0 Å². The van der Waals surface area contributed by atoms with Gasteiger partial charge in [0, 0.05) is 19.3 Å². The Hall–Kier alpha value is -3.15. The van der Waals surface area contributed by atoms with Crippen molar-refractivity contribution in [1.82, 2.24) is 0 Å². The number of rotatable bonds is 58. The van der Waals surface area contributed by atoms with Crippen LogP contribution in [-0.2, 0) is 28.6 Å². The Labute approximate surface area is 459 Å². The van der Waals surface area contributed by atoms with Crippen LogP contribution in [0, 0.1) is 0 Å². The number of hydrogen-bond acceptors (Lipinski definition) is 6. The summed E-state index contributed by atoms with van der Waals surface area (Å²) < 4.78 is 16.9. The topological polar surface area (TPSA) is 78.9 Å². The van der Waals surface area contributed by atoms with Crippen LogP contribution in [0.25, 0.3) is 0 Å². The summed E-state index contributed by atoms with van der Waals surface area (Å²) in [6.45, 7) is 6.49. The van der Waals surface area contributed by atoms with E-state index in [1.54, 1.807) is 0 Å². The Kier molecular flexibility index (Phi) is 59.7. The fraction of sp³-hybridized carbons (Fsp3) is 0.779. The SMILES string of the molecule is CC/C=C\C/C=C\C/C=C\C/C=C\CCCCCCCCCCCCCCCCC(=O)OCC(COC(=O)CCCCCCC/C=C\C/C=C\CCC)OC(=O)CCCCCCCCCCCCCCCCCC. The number of unbranched alkanes of at least 4 members (excludes halogenated alkanes) is 35. The van der Waals surface area contributed by atoms with Gasteiger partial charge in [-0.15, -0.1) is 0 Å². The smallest absolute Gasteiger partial charge is 0.306 e. The van der Waals surface area contributed by atoms with Crippen molar-refractivity contribution in [2.45, 2.75) is 329 Å². The number of hydrogen-bond donors (Lipinski definition) is 0. The molecule has 1 atom stereocenters. The summed E-state index contributed by atoms with van der Waals surface area (Å²) >= 11 is 0. The number of ether oxygens (including phenoxy) is 3. The molecule has 0 heterocycles. The van der Waals surface area contributed by atoms with Crippen LogP contribution >= 0.6 is 0 Å². The van der Waals surface area contributed by atoms with Crippen LogP contribution in [0.2, 0.25) is 0 Å². The summed E-state index contributed by atoms with van der Waals surface area (Å²) in [7, 11) is 0. The fourth-order valence-corrected chi connectivity index (χ4v) is 9.18. The summed E-state index contributed by atoms with van der Waals surface area (Å²) in [4.78, 5) is 38.3. The molecule has 0 radical (unpaired) electrons. The maximum absolute atomic E-state index is 12.9. The van der Waals surface area contributed by atoms with Gasteiger partial charge >= 0.3 is 17.9 Å². The summed E-state index contributed by atoms with van der Waals surface area (Å²) in [6.07, 6.45) is 80.5. The van der Waals surface area contributed by atoms with Crippen LogP contribution in [0.1, 0.15) is 323 Å². The van der Waals surface area contributed by atoms with Gasteiger partial charge in [-0.05, 0) is 83.5 Å². The molecule has 428 valence electrons. The van der Waals surface area contributed by atoms with Gasteiger partial charge in [0.05, 0.1) is 0 Å². The van der Waals surface area contributed by atoms with Crippen LogP contribution in [0.15, 0.2) is 72.9 Å². The van der Waals surface area contributed by atoms with E-state index in [4.69, 9.17) is 14.2 Å². The van der Waals surface area contributed by atoms with E-state index < -0.39 is 6.10 Å². The van der Waals surface area contributed by atoms with Gasteiger partial charge < -0.3 is 14.2 Å². The monoisotopic (exact) mass is 1030 g/mol. The third-order valence-electron chi connectivity index (χ3n) is 13.9. The van der Waals surface area contributed by atoms with Gasteiger partial charge in [0.2, 0.25) is 0 Å². The van der Waals surface area contributed by atoms with Crippen molar-refractivity contribution < 1.29 is 28.6 Å². The van der Waals surface area contributed by atoms with E-state index in [9.17, 15) is 14.4 Å². The second-order valence-electron chi connectivity index (χ2n) is 21.3. The van der Waals surface area contributed by atoms with Gasteiger partial charge in [-0.2, -0.15) is 0 Å². The lowest BCUT2D eigenvalue weighted by molar-refractivity contribution is -0.167. The first kappa shape index (κ1) is 70.8. The van der Waals surface area contributed by atoms with E-state index >= 15 is 0 Å². The molecular formula is C68H120O6. The zero-order valence-corrected chi connectivity index (χ0v) is 49.1. The van der Waals surface area contributed by atoms with Crippen LogP contribution < -0.4 is 0 Å². The largest absolute Gasteiger partial charge is 0.462 e. The molecule has 0 aromatic heterocycles. The third-order valence-corrected chi connectivity index (χ3v) is 13.9. The predicted molar refractivity (Wildman–Crippen MR) is 321 cm³/mol. The fourth-order valence-electron chi connectivity index (χ4n) is 9.18. The summed E-state index contributed by atoms with van der Waals surface area (Å²) in [5, 5.41) is 0. The maximum Gasteiger partial charge on any atom is 0.306 e. The standard InChI is InChI=1S/C68H120O6/c1-4-7-10-13-16-19-22-25-27-29-30-31-32-33-34-35-36-37-38-39-41-43-46-49-52-55-58-61-67(70)73-64-65(63-72-66(69)60-57-54-51-48-45-42-24-21-18-15-12-9-6-3)74-68(71)62-59-56-53-50-47-44-40-28-26-23-20-17-14-11-8-5-2/h7,10,12,15-16,19,21,24-25,27,30-31,65H,4-6,8-9,11,13-14,17-18,20,22-23,26,28-29,32-64H2,1-3H3/b10-7-,15-12-,19-16-,24-21-,27-25-,31-30-. The van der Waals surface area contributed by atoms with Gasteiger partial charge in [0.1, 0.15) is 13.2 Å². The molecule has 1 unspecified atom stereocenters. The molecule has 0 amide bonds. The average Bonchev–Trinajstić information content (AvgIpc) is 3.40. The lowest BCUT2D eigenvalue weighted by Gasteiger charge is -2.18. The summed E-state index contributed by atoms with van der Waals surface area (Å²) in [5.41, 5.74) is 0. The first-order chi connectivity index (χ1) is 36.5. The van der Waals surface area contributed by atoms with Gasteiger partial charge in [0.25, 0.3) is 0 Å². The number of esters is 3. The average molecular weight is 1030 g/mol. The highest BCUT2D eigenvalue weighted by Gasteiger charge is 2.19. The molecule has 6 heteroatoms. The van der Waals surface area contributed by atoms with E-state index in [0.29, 0.717) is 19.3 Å². The zero-order chi connectivity index (χ0) is 53.6. The van der Waals surface area contributed by atoms with Gasteiger partial charge in [-0.3, -0.25) is 14.4 Å². The molecule has 0 aromatic carbocycles. The normalized spacial score (nSPS) is 12.5. The molecule has 0 bridgehead atoms. The molecule has 0 saturated carbocycles. The molecule has 0 fully saturated rings. The van der Waals surface area contributed by atoms with Crippen molar-refractivity contribution in [3.8, 4) is 0 Å². The molecule has 0 aliphatic heterocycles. The number of allylic oxidation sites excluding steroid dienone is 12. The van der Waals surface area contributed by atoms with Crippen molar-refractivity contribution in [2.75, 3.05) is 13.2 Å². The first-order valence-corrected chi connectivity index (χ1v) is 31.9. The summed E-state index contributed by atoms with van der Waals surface area (Å²) in [6, 6.07) is 0. The zero-order valence-electron chi connectivity index (χ0n) is 49.1. The van der Waals surface area contributed by atoms with Crippen LogP contribution in [0.5, 0.6) is 0 Å². The van der Waals surface area contributed by atoms with Gasteiger partial charge in [0.15, 0.2) is 6.10 Å². The Morgan fingerprint density at radius 1 is 0.284 bits per heavy atom. The molecule has 0 aromatic rings. The number of carbonyl (C=O) groups is 3. The molecule has 0 saturated heterocycles. The second kappa shape index (κ2) is 62.4. The molecule has 0 N–H and O–H groups in total. The first-order valence-electron chi connectivity index (χ1n) is 31.9. The van der Waals surface area contributed by atoms with Crippen LogP contribution in [0.4, 0.5) is 0 Å². The number of carbonyl (C=O) groups excluding carboxylic acids is 3. The lowest BCUT2D eigenvalue weighted by atomic mass is 10.0. The summed E-state index contributed by atoms with van der Waals surface area (Å²) in [5.74, 6) is -0.875. The quantitative estimate of drug-likeness (QED) is 0.0261. The Morgan fingerprint density at radius 2 is 0.554 bits per heavy atom. The van der Waals surface area contributed by atoms with E-state index in [1.807, 2.05) is 0 Å². The minimum atomic E-state index is -0.779. The molecule has 74 heavy (non-hydrogen) atoms. The van der Waals surface area contributed by atoms with Crippen molar-refractivity contribution in [2.24, 2.45) is 0 Å². The van der Waals surface area contributed by atoms with Crippen molar-refractivity contribution >= 4 is 17.9 Å². The van der Waals surface area contributed by atoms with Gasteiger partial charge in [-0.25, -0.2) is 0 Å². The van der Waals surface area contributed by atoms with Gasteiger partial charge in [-0.1, -0.05) is 293 Å². The second-order valence-corrected chi connectivity index (χ2v) is 21.3. The third kappa shape index (κ3) is 59.7. The molecule has 0 aliphatic rings. The molecule has 6 nitrogen and oxygen atoms in total. The maximum atomic E-state index is 12.9. The highest BCUT2D eigenvalue weighted by atomic mass is 16.6. The molecule has 0 aliphatic carbocycles. The lowest BCUT2D eigenvalue weighted by Crippen LogP contribution is -2.30. The predicted octanol–water partition coefficient (Wildman–Crippen LogP) is 21.7. The van der Waals surface area contributed by atoms with E-state index in [-0.39, 0.29) is 31.1 Å². The molecular weight excluding hydrogens is 913 g/mol. The Morgan fingerprint density at radius 3 is 0.878 bits per heavy atom. The van der Waals surface area contributed by atoms with Crippen molar-refractivity contribution in [3.63, 3.8) is 0 Å². The Bertz CT molecular complexity index is 1370. The minimum absolute atomic E-state index is 0.0764. The highest BCUT2D eigenvalue weighted by molar-refractivity contribution is 5.71. The molecule has 0 rings (SSSR count). The van der Waals surface area contributed by atoms with Crippen LogP contribution in [-0.4, -0.2) is 37.2 Å². The van der Waals surface area contributed by atoms with E-state index in [1.165, 1.54) is 173 Å². The molecule has 0 spiro atoms.